The Morgan fingerprint density at radius 2 is 1.72 bits per heavy atom. The molecule has 2 aromatic carbocycles. The number of benzene rings is 2. The molecule has 0 saturated heterocycles. The number of nitrogens with zero attached hydrogens (tertiary/aromatic N) is 1. The predicted octanol–water partition coefficient (Wildman–Crippen LogP) is 3.69. The van der Waals surface area contributed by atoms with Gasteiger partial charge in [-0.2, -0.15) is 5.10 Å². The van der Waals surface area contributed by atoms with Crippen LogP contribution in [0, 0.1) is 6.92 Å². The van der Waals surface area contributed by atoms with Gasteiger partial charge >= 0.3 is 0 Å². The zero-order valence-electron chi connectivity index (χ0n) is 14.8. The predicted molar refractivity (Wildman–Crippen MR) is 101 cm³/mol. The highest BCUT2D eigenvalue weighted by molar-refractivity contribution is 6.06. The Balaban J connectivity index is 1.90. The van der Waals surface area contributed by atoms with Crippen molar-refractivity contribution in [1.82, 2.24) is 5.43 Å². The van der Waals surface area contributed by atoms with E-state index >= 15 is 0 Å². The second-order valence-corrected chi connectivity index (χ2v) is 5.89. The molecule has 0 radical (unpaired) electrons. The third-order valence-electron chi connectivity index (χ3n) is 3.75. The fraction of sp³-hybridized carbons (Fsp3) is 0.250. The Morgan fingerprint density at radius 1 is 1.04 bits per heavy atom. The molecule has 0 atom stereocenters. The van der Waals surface area contributed by atoms with Crippen LogP contribution < -0.4 is 10.7 Å². The maximum atomic E-state index is 12.1. The lowest BCUT2D eigenvalue weighted by Crippen LogP contribution is -2.21. The van der Waals surface area contributed by atoms with Gasteiger partial charge < -0.3 is 5.32 Å². The topological polar surface area (TPSA) is 70.6 Å². The first kappa shape index (κ1) is 18.4. The van der Waals surface area contributed by atoms with E-state index in [0.717, 1.165) is 23.2 Å². The number of para-hydroxylation sites is 1. The van der Waals surface area contributed by atoms with Crippen LogP contribution in [0.4, 0.5) is 5.69 Å². The molecule has 0 unspecified atom stereocenters. The van der Waals surface area contributed by atoms with Gasteiger partial charge in [-0.05, 0) is 44.0 Å². The zero-order valence-corrected chi connectivity index (χ0v) is 14.8. The number of nitrogens with one attached hydrogen (secondary N) is 2. The second kappa shape index (κ2) is 8.78. The Bertz CT molecular complexity index is 780. The van der Waals surface area contributed by atoms with Gasteiger partial charge in [0.15, 0.2) is 0 Å². The van der Waals surface area contributed by atoms with E-state index in [-0.39, 0.29) is 18.2 Å². The van der Waals surface area contributed by atoms with E-state index in [2.05, 4.69) is 15.8 Å². The molecular weight excluding hydrogens is 314 g/mol. The van der Waals surface area contributed by atoms with E-state index in [0.29, 0.717) is 11.3 Å². The van der Waals surface area contributed by atoms with E-state index in [1.807, 2.05) is 50.2 Å². The number of rotatable bonds is 6. The van der Waals surface area contributed by atoms with E-state index in [4.69, 9.17) is 0 Å². The van der Waals surface area contributed by atoms with E-state index in [9.17, 15) is 9.59 Å². The van der Waals surface area contributed by atoms with Crippen LogP contribution in [0.5, 0.6) is 0 Å². The molecule has 0 bridgehead atoms. The van der Waals surface area contributed by atoms with Crippen molar-refractivity contribution in [3.8, 4) is 0 Å². The first-order valence-corrected chi connectivity index (χ1v) is 8.27. The van der Waals surface area contributed by atoms with E-state index in [1.54, 1.807) is 19.1 Å². The molecule has 0 saturated carbocycles. The molecular formula is C20H23N3O2. The number of carbonyl (C=O) groups excluding carboxylic acids is 2. The van der Waals surface area contributed by atoms with Crippen LogP contribution in [0.25, 0.3) is 0 Å². The lowest BCUT2D eigenvalue weighted by atomic mass is 10.1. The molecule has 0 aliphatic carbocycles. The monoisotopic (exact) mass is 337 g/mol. The number of hydrogen-bond donors (Lipinski definition) is 2. The van der Waals surface area contributed by atoms with Crippen molar-refractivity contribution in [2.45, 2.75) is 33.6 Å². The minimum absolute atomic E-state index is 0.117. The van der Waals surface area contributed by atoms with E-state index in [1.165, 1.54) is 0 Å². The van der Waals surface area contributed by atoms with Crippen LogP contribution >= 0.6 is 0 Å². The fourth-order valence-corrected chi connectivity index (χ4v) is 2.33. The quantitative estimate of drug-likeness (QED) is 0.623. The average molecular weight is 337 g/mol. The molecule has 0 spiro atoms. The minimum Gasteiger partial charge on any atom is -0.326 e. The summed E-state index contributed by atoms with van der Waals surface area (Å²) in [6, 6.07) is 14.9. The van der Waals surface area contributed by atoms with Crippen molar-refractivity contribution in [2.24, 2.45) is 5.10 Å². The standard InChI is InChI=1S/C20H23N3O2/c1-4-16-7-5-6-8-18(16)21-19(24)13-15(3)22-23-20(25)17-11-9-14(2)10-12-17/h5-12H,4,13H2,1-3H3,(H,21,24)(H,23,25)/b22-15-. The zero-order chi connectivity index (χ0) is 18.2. The summed E-state index contributed by atoms with van der Waals surface area (Å²) in [5.74, 6) is -0.456. The molecule has 25 heavy (non-hydrogen) atoms. The normalized spacial score (nSPS) is 11.1. The van der Waals surface area contributed by atoms with Gasteiger partial charge in [-0.15, -0.1) is 0 Å². The largest absolute Gasteiger partial charge is 0.326 e. The van der Waals surface area contributed by atoms with Crippen molar-refractivity contribution in [3.63, 3.8) is 0 Å². The molecule has 2 amide bonds. The summed E-state index contributed by atoms with van der Waals surface area (Å²) in [6.45, 7) is 5.71. The summed E-state index contributed by atoms with van der Waals surface area (Å²) in [4.78, 5) is 24.1. The van der Waals surface area contributed by atoms with Crippen LogP contribution in [-0.4, -0.2) is 17.5 Å². The van der Waals surface area contributed by atoms with E-state index < -0.39 is 0 Å². The average Bonchev–Trinajstić information content (AvgIpc) is 2.60. The van der Waals surface area contributed by atoms with Crippen LogP contribution in [0.15, 0.2) is 53.6 Å². The van der Waals surface area contributed by atoms with Crippen molar-refractivity contribution < 1.29 is 9.59 Å². The van der Waals surface area contributed by atoms with Gasteiger partial charge in [-0.25, -0.2) is 5.43 Å². The highest BCUT2D eigenvalue weighted by Gasteiger charge is 2.08. The molecule has 0 aliphatic heterocycles. The fourth-order valence-electron chi connectivity index (χ4n) is 2.33. The van der Waals surface area contributed by atoms with Crippen molar-refractivity contribution in [3.05, 3.63) is 65.2 Å². The number of aryl methyl sites for hydroxylation is 2. The maximum absolute atomic E-state index is 12.1. The summed E-state index contributed by atoms with van der Waals surface area (Å²) in [6.07, 6.45) is 0.961. The highest BCUT2D eigenvalue weighted by Crippen LogP contribution is 2.15. The van der Waals surface area contributed by atoms with Gasteiger partial charge in [0, 0.05) is 17.0 Å². The molecule has 5 nitrogen and oxygen atoms in total. The summed E-state index contributed by atoms with van der Waals surface area (Å²) < 4.78 is 0. The summed E-state index contributed by atoms with van der Waals surface area (Å²) >= 11 is 0. The van der Waals surface area contributed by atoms with Gasteiger partial charge in [0.25, 0.3) is 5.91 Å². The van der Waals surface area contributed by atoms with Gasteiger partial charge in [0.2, 0.25) is 5.91 Å². The molecule has 2 aromatic rings. The number of hydrazone groups is 1. The molecule has 2 N–H and O–H groups in total. The molecule has 0 heterocycles. The van der Waals surface area contributed by atoms with Crippen molar-refractivity contribution in [2.75, 3.05) is 5.32 Å². The van der Waals surface area contributed by atoms with Crippen LogP contribution in [0.1, 0.15) is 41.8 Å². The smallest absolute Gasteiger partial charge is 0.271 e. The number of carbonyl (C=O) groups is 2. The van der Waals surface area contributed by atoms with Gasteiger partial charge in [0.05, 0.1) is 6.42 Å². The lowest BCUT2D eigenvalue weighted by molar-refractivity contribution is -0.115. The van der Waals surface area contributed by atoms with Crippen LogP contribution in [-0.2, 0) is 11.2 Å². The maximum Gasteiger partial charge on any atom is 0.271 e. The van der Waals surface area contributed by atoms with Gasteiger partial charge in [-0.1, -0.05) is 42.8 Å². The van der Waals surface area contributed by atoms with Gasteiger partial charge in [-0.3, -0.25) is 9.59 Å². The van der Waals surface area contributed by atoms with Crippen LogP contribution in [0.3, 0.4) is 0 Å². The summed E-state index contributed by atoms with van der Waals surface area (Å²) in [5.41, 5.74) is 6.52. The number of amides is 2. The summed E-state index contributed by atoms with van der Waals surface area (Å²) in [5, 5.41) is 6.89. The third-order valence-corrected chi connectivity index (χ3v) is 3.75. The Morgan fingerprint density at radius 3 is 2.40 bits per heavy atom. The minimum atomic E-state index is -0.295. The molecule has 0 aliphatic rings. The molecule has 0 fully saturated rings. The SMILES string of the molecule is CCc1ccccc1NC(=O)C/C(C)=N\NC(=O)c1ccc(C)cc1. The van der Waals surface area contributed by atoms with Crippen molar-refractivity contribution in [1.29, 1.82) is 0 Å². The Labute approximate surface area is 148 Å². The lowest BCUT2D eigenvalue weighted by Gasteiger charge is -2.09. The molecule has 2 rings (SSSR count). The summed E-state index contributed by atoms with van der Waals surface area (Å²) in [7, 11) is 0. The molecule has 130 valence electrons. The first-order valence-electron chi connectivity index (χ1n) is 8.27. The molecule has 5 heteroatoms. The van der Waals surface area contributed by atoms with Gasteiger partial charge in [0.1, 0.15) is 0 Å². The Kier molecular flexibility index (Phi) is 6.46. The highest BCUT2D eigenvalue weighted by atomic mass is 16.2. The number of anilines is 1. The van der Waals surface area contributed by atoms with Crippen LogP contribution in [0.2, 0.25) is 0 Å². The third kappa shape index (κ3) is 5.57. The van der Waals surface area contributed by atoms with Crippen molar-refractivity contribution >= 4 is 23.2 Å². The Hall–Kier alpha value is -2.95. The second-order valence-electron chi connectivity index (χ2n) is 5.89. The number of hydrogen-bond acceptors (Lipinski definition) is 3. The molecule has 0 aromatic heterocycles. The first-order chi connectivity index (χ1) is 12.0.